The maximum atomic E-state index is 12.7. The number of amides is 3. The summed E-state index contributed by atoms with van der Waals surface area (Å²) < 4.78 is 0. The molecule has 9 nitrogen and oxygen atoms in total. The van der Waals surface area contributed by atoms with Gasteiger partial charge in [0.25, 0.3) is 0 Å². The van der Waals surface area contributed by atoms with Crippen LogP contribution < -0.4 is 11.1 Å². The van der Waals surface area contributed by atoms with Gasteiger partial charge in [0.15, 0.2) is 0 Å². The lowest BCUT2D eigenvalue weighted by Crippen LogP contribution is -2.55. The average molecular weight is 340 g/mol. The van der Waals surface area contributed by atoms with Gasteiger partial charge < -0.3 is 21.1 Å². The molecule has 0 aromatic rings. The zero-order valence-corrected chi connectivity index (χ0v) is 13.7. The summed E-state index contributed by atoms with van der Waals surface area (Å²) >= 11 is 0. The van der Waals surface area contributed by atoms with Gasteiger partial charge >= 0.3 is 5.97 Å². The van der Waals surface area contributed by atoms with Crippen molar-refractivity contribution in [3.63, 3.8) is 0 Å². The molecule has 2 aliphatic heterocycles. The number of carboxylic acids is 1. The lowest BCUT2D eigenvalue weighted by molar-refractivity contribution is -0.143. The fourth-order valence-electron chi connectivity index (χ4n) is 3.38. The molecular formula is C15H24N4O5. The van der Waals surface area contributed by atoms with Gasteiger partial charge in [-0.3, -0.25) is 24.1 Å². The van der Waals surface area contributed by atoms with Gasteiger partial charge in [0.1, 0.15) is 12.1 Å². The van der Waals surface area contributed by atoms with Crippen molar-refractivity contribution < 1.29 is 24.3 Å². The van der Waals surface area contributed by atoms with Crippen LogP contribution in [0.4, 0.5) is 0 Å². The Bertz CT molecular complexity index is 538. The maximum Gasteiger partial charge on any atom is 0.305 e. The van der Waals surface area contributed by atoms with Gasteiger partial charge in [0.05, 0.1) is 12.5 Å². The highest BCUT2D eigenvalue weighted by Crippen LogP contribution is 2.24. The number of hydrogen-bond acceptors (Lipinski definition) is 5. The van der Waals surface area contributed by atoms with E-state index in [1.807, 2.05) is 11.9 Å². The van der Waals surface area contributed by atoms with Crippen molar-refractivity contribution in [3.8, 4) is 0 Å². The predicted molar refractivity (Wildman–Crippen MR) is 83.8 cm³/mol. The number of carboxylic acid groups (broad SMARTS) is 1. The fraction of sp³-hybridized carbons (Fsp3) is 0.733. The predicted octanol–water partition coefficient (Wildman–Crippen LogP) is -1.48. The van der Waals surface area contributed by atoms with E-state index in [0.717, 1.165) is 19.4 Å². The number of nitrogens with two attached hydrogens (primary N) is 1. The summed E-state index contributed by atoms with van der Waals surface area (Å²) in [5.74, 6) is -2.74. The second-order valence-electron chi connectivity index (χ2n) is 6.39. The molecule has 0 saturated carbocycles. The second kappa shape index (κ2) is 7.61. The highest BCUT2D eigenvalue weighted by molar-refractivity contribution is 5.94. The summed E-state index contributed by atoms with van der Waals surface area (Å²) in [6.45, 7) is 1.34. The van der Waals surface area contributed by atoms with Crippen LogP contribution in [0, 0.1) is 0 Å². The molecule has 0 aromatic carbocycles. The number of carbonyl (C=O) groups is 4. The molecule has 0 bridgehead atoms. The molecule has 3 amide bonds. The molecule has 2 fully saturated rings. The minimum Gasteiger partial charge on any atom is -0.481 e. The van der Waals surface area contributed by atoms with Crippen molar-refractivity contribution in [2.24, 2.45) is 5.73 Å². The van der Waals surface area contributed by atoms with Crippen LogP contribution in [0.1, 0.15) is 32.1 Å². The number of nitrogens with one attached hydrogen (secondary N) is 1. The largest absolute Gasteiger partial charge is 0.481 e. The minimum atomic E-state index is -1.28. The Hall–Kier alpha value is -2.16. The van der Waals surface area contributed by atoms with Crippen LogP contribution in [0.5, 0.6) is 0 Å². The van der Waals surface area contributed by atoms with Gasteiger partial charge in [0, 0.05) is 6.54 Å². The highest BCUT2D eigenvalue weighted by Gasteiger charge is 2.40. The van der Waals surface area contributed by atoms with E-state index in [0.29, 0.717) is 19.4 Å². The van der Waals surface area contributed by atoms with E-state index in [1.54, 1.807) is 4.90 Å². The van der Waals surface area contributed by atoms with Crippen molar-refractivity contribution in [2.45, 2.75) is 50.2 Å². The normalized spacial score (nSPS) is 25.5. The second-order valence-corrected chi connectivity index (χ2v) is 6.39. The first-order valence-corrected chi connectivity index (χ1v) is 8.13. The number of likely N-dealkylation sites (tertiary alicyclic amines) is 2. The summed E-state index contributed by atoms with van der Waals surface area (Å²) in [6, 6.07) is -2.17. The number of carbonyl (C=O) groups excluding carboxylic acids is 3. The monoisotopic (exact) mass is 340 g/mol. The van der Waals surface area contributed by atoms with E-state index in [4.69, 9.17) is 10.8 Å². The zero-order chi connectivity index (χ0) is 17.9. The van der Waals surface area contributed by atoms with Crippen LogP contribution >= 0.6 is 0 Å². The van der Waals surface area contributed by atoms with E-state index in [1.165, 1.54) is 0 Å². The van der Waals surface area contributed by atoms with Crippen molar-refractivity contribution in [2.75, 3.05) is 20.1 Å². The van der Waals surface area contributed by atoms with Crippen molar-refractivity contribution >= 4 is 23.7 Å². The topological polar surface area (TPSA) is 133 Å². The Labute approximate surface area is 140 Å². The minimum absolute atomic E-state index is 0.0819. The SMILES string of the molecule is CN1CCC[C@H]1C(=O)N1CCC[C@H]1C(=O)N[C@@H](CC(=O)O)C(N)=O. The Morgan fingerprint density at radius 1 is 1.17 bits per heavy atom. The third-order valence-corrected chi connectivity index (χ3v) is 4.68. The Morgan fingerprint density at radius 2 is 1.79 bits per heavy atom. The Kier molecular flexibility index (Phi) is 5.76. The zero-order valence-electron chi connectivity index (χ0n) is 13.7. The van der Waals surface area contributed by atoms with Gasteiger partial charge in [-0.1, -0.05) is 0 Å². The van der Waals surface area contributed by atoms with Crippen molar-refractivity contribution in [1.29, 1.82) is 0 Å². The molecule has 2 aliphatic rings. The van der Waals surface area contributed by atoms with Crippen LogP contribution in [0.15, 0.2) is 0 Å². The van der Waals surface area contributed by atoms with Crippen LogP contribution in [0.3, 0.4) is 0 Å². The van der Waals surface area contributed by atoms with Crippen molar-refractivity contribution in [3.05, 3.63) is 0 Å². The van der Waals surface area contributed by atoms with Crippen LogP contribution in [0.25, 0.3) is 0 Å². The Morgan fingerprint density at radius 3 is 2.33 bits per heavy atom. The smallest absolute Gasteiger partial charge is 0.305 e. The first-order chi connectivity index (χ1) is 11.3. The van der Waals surface area contributed by atoms with Gasteiger partial charge in [-0.2, -0.15) is 0 Å². The van der Waals surface area contributed by atoms with E-state index >= 15 is 0 Å². The van der Waals surface area contributed by atoms with E-state index in [2.05, 4.69) is 5.32 Å². The third-order valence-electron chi connectivity index (χ3n) is 4.68. The van der Waals surface area contributed by atoms with Crippen LogP contribution in [-0.4, -0.2) is 76.9 Å². The number of rotatable bonds is 6. The molecule has 134 valence electrons. The fourth-order valence-corrected chi connectivity index (χ4v) is 3.38. The van der Waals surface area contributed by atoms with Crippen LogP contribution in [0.2, 0.25) is 0 Å². The number of likely N-dealkylation sites (N-methyl/N-ethyl adjacent to an activating group) is 1. The van der Waals surface area contributed by atoms with E-state index in [9.17, 15) is 19.2 Å². The summed E-state index contributed by atoms with van der Waals surface area (Å²) in [5, 5.41) is 11.2. The molecule has 2 saturated heterocycles. The summed E-state index contributed by atoms with van der Waals surface area (Å²) in [7, 11) is 1.89. The molecule has 4 N–H and O–H groups in total. The number of aliphatic carboxylic acids is 1. The number of hydrogen-bond donors (Lipinski definition) is 3. The van der Waals surface area contributed by atoms with E-state index < -0.39 is 36.3 Å². The summed E-state index contributed by atoms with van der Waals surface area (Å²) in [4.78, 5) is 50.7. The first-order valence-electron chi connectivity index (χ1n) is 8.13. The Balaban J connectivity index is 2.03. The molecule has 2 rings (SSSR count). The molecular weight excluding hydrogens is 316 g/mol. The van der Waals surface area contributed by atoms with Gasteiger partial charge in [-0.15, -0.1) is 0 Å². The number of primary amides is 1. The van der Waals surface area contributed by atoms with Gasteiger partial charge in [-0.05, 0) is 39.3 Å². The molecule has 0 aromatic heterocycles. The summed E-state index contributed by atoms with van der Waals surface area (Å²) in [5.41, 5.74) is 5.14. The maximum absolute atomic E-state index is 12.7. The highest BCUT2D eigenvalue weighted by atomic mass is 16.4. The van der Waals surface area contributed by atoms with Gasteiger partial charge in [-0.25, -0.2) is 0 Å². The molecule has 0 radical (unpaired) electrons. The van der Waals surface area contributed by atoms with Gasteiger partial charge in [0.2, 0.25) is 17.7 Å². The third kappa shape index (κ3) is 4.02. The quantitative estimate of drug-likeness (QED) is 0.540. The average Bonchev–Trinajstić information content (AvgIpc) is 3.13. The van der Waals surface area contributed by atoms with Crippen molar-refractivity contribution in [1.82, 2.24) is 15.1 Å². The number of nitrogens with zero attached hydrogens (tertiary/aromatic N) is 2. The summed E-state index contributed by atoms with van der Waals surface area (Å²) in [6.07, 6.45) is 2.32. The lowest BCUT2D eigenvalue weighted by Gasteiger charge is -2.29. The van der Waals surface area contributed by atoms with Crippen LogP contribution in [-0.2, 0) is 19.2 Å². The molecule has 3 atom stereocenters. The molecule has 0 spiro atoms. The molecule has 9 heteroatoms. The standard InChI is InChI=1S/C15H24N4O5/c1-18-6-2-5-11(18)15(24)19-7-3-4-10(19)14(23)17-9(13(16)22)8-12(20)21/h9-11H,2-8H2,1H3,(H2,16,22)(H,17,23)(H,20,21)/t9-,10-,11-/m0/s1. The van der Waals surface area contributed by atoms with E-state index in [-0.39, 0.29) is 11.9 Å². The lowest BCUT2D eigenvalue weighted by atomic mass is 10.1. The molecule has 24 heavy (non-hydrogen) atoms. The molecule has 0 aliphatic carbocycles. The molecule has 0 unspecified atom stereocenters. The molecule has 2 heterocycles. The first kappa shape index (κ1) is 18.2.